The van der Waals surface area contributed by atoms with Gasteiger partial charge in [-0.25, -0.2) is 9.78 Å². The van der Waals surface area contributed by atoms with Gasteiger partial charge in [0, 0.05) is 25.2 Å². The molecule has 0 amide bonds. The minimum absolute atomic E-state index is 0.110. The molecule has 0 bridgehead atoms. The Morgan fingerprint density at radius 2 is 2.24 bits per heavy atom. The summed E-state index contributed by atoms with van der Waals surface area (Å²) in [5, 5.41) is 27.0. The lowest BCUT2D eigenvalue weighted by Gasteiger charge is -2.16. The summed E-state index contributed by atoms with van der Waals surface area (Å²) >= 11 is 0. The first kappa shape index (κ1) is 13.8. The molecule has 2 aromatic heterocycles. The van der Waals surface area contributed by atoms with E-state index >= 15 is 0 Å². The van der Waals surface area contributed by atoms with Gasteiger partial charge in [0.2, 0.25) is 0 Å². The third kappa shape index (κ3) is 2.23. The van der Waals surface area contributed by atoms with E-state index in [2.05, 4.69) is 15.4 Å². The second-order valence-corrected chi connectivity index (χ2v) is 5.77. The van der Waals surface area contributed by atoms with E-state index in [1.165, 1.54) is 6.20 Å². The predicted octanol–water partition coefficient (Wildman–Crippen LogP) is 1.16. The number of fused-ring (bicyclic) bond motifs is 1. The Kier molecular flexibility index (Phi) is 3.09. The van der Waals surface area contributed by atoms with Crippen LogP contribution in [-0.2, 0) is 7.05 Å². The Hall–Kier alpha value is -2.15. The number of aromatic nitrogens is 3. The molecule has 2 aromatic rings. The molecule has 1 saturated carbocycles. The van der Waals surface area contributed by atoms with Gasteiger partial charge in [0.25, 0.3) is 0 Å². The summed E-state index contributed by atoms with van der Waals surface area (Å²) in [4.78, 5) is 15.6. The molecule has 0 spiro atoms. The highest BCUT2D eigenvalue weighted by Crippen LogP contribution is 2.45. The highest BCUT2D eigenvalue weighted by Gasteiger charge is 2.42. The number of hydrogen-bond donors (Lipinski definition) is 3. The summed E-state index contributed by atoms with van der Waals surface area (Å²) in [6.45, 7) is 2.50. The van der Waals surface area contributed by atoms with Crippen molar-refractivity contribution in [2.45, 2.75) is 19.8 Å². The number of aliphatic hydroxyl groups excluding tert-OH is 1. The van der Waals surface area contributed by atoms with Crippen molar-refractivity contribution in [1.82, 2.24) is 14.8 Å². The van der Waals surface area contributed by atoms with Gasteiger partial charge in [-0.3, -0.25) is 4.68 Å². The Morgan fingerprint density at radius 1 is 1.52 bits per heavy atom. The van der Waals surface area contributed by atoms with Gasteiger partial charge >= 0.3 is 5.97 Å². The van der Waals surface area contributed by atoms with Crippen molar-refractivity contribution in [2.75, 3.05) is 18.5 Å². The third-order valence-corrected chi connectivity index (χ3v) is 4.19. The van der Waals surface area contributed by atoms with Gasteiger partial charge in [-0.05, 0) is 19.8 Å². The lowest BCUT2D eigenvalue weighted by Crippen LogP contribution is -2.20. The third-order valence-electron chi connectivity index (χ3n) is 4.19. The quantitative estimate of drug-likeness (QED) is 0.764. The summed E-state index contributed by atoms with van der Waals surface area (Å²) in [5.74, 6) is -1.02. The zero-order valence-electron chi connectivity index (χ0n) is 12.1. The smallest absolute Gasteiger partial charge is 0.339 e. The number of nitrogens with zero attached hydrogens (tertiary/aromatic N) is 3. The fraction of sp³-hybridized carbons (Fsp3) is 0.500. The van der Waals surface area contributed by atoms with Crippen molar-refractivity contribution in [1.29, 1.82) is 0 Å². The molecule has 1 aliphatic rings. The molecule has 3 rings (SSSR count). The average Bonchev–Trinajstić information content (AvgIpc) is 3.18. The molecular weight excluding hydrogens is 272 g/mol. The number of hydrogen-bond acceptors (Lipinski definition) is 5. The van der Waals surface area contributed by atoms with Crippen LogP contribution in [0.25, 0.3) is 11.0 Å². The average molecular weight is 290 g/mol. The maximum Gasteiger partial charge on any atom is 0.339 e. The van der Waals surface area contributed by atoms with Crippen molar-refractivity contribution >= 4 is 22.7 Å². The lowest BCUT2D eigenvalue weighted by molar-refractivity contribution is 0.0697. The standard InChI is InChI=1S/C14H18N4O3/c1-8-10-11(16-6-14(7-19)3-4-14)9(13(20)21)5-15-12(10)18(2)17-8/h5,19H,3-4,6-7H2,1-2H3,(H,15,16)(H,20,21). The van der Waals surface area contributed by atoms with Gasteiger partial charge in [-0.1, -0.05) is 0 Å². The summed E-state index contributed by atoms with van der Waals surface area (Å²) < 4.78 is 1.64. The monoisotopic (exact) mass is 290 g/mol. The fourth-order valence-electron chi connectivity index (χ4n) is 2.60. The maximum absolute atomic E-state index is 11.4. The number of aliphatic hydroxyl groups is 1. The van der Waals surface area contributed by atoms with Crippen LogP contribution in [0.2, 0.25) is 0 Å². The van der Waals surface area contributed by atoms with Crippen LogP contribution in [0.3, 0.4) is 0 Å². The van der Waals surface area contributed by atoms with Crippen LogP contribution in [0.15, 0.2) is 6.20 Å². The number of anilines is 1. The van der Waals surface area contributed by atoms with Gasteiger partial charge in [-0.15, -0.1) is 0 Å². The van der Waals surface area contributed by atoms with E-state index in [1.807, 2.05) is 6.92 Å². The Labute approximate surface area is 121 Å². The van der Waals surface area contributed by atoms with Crippen molar-refractivity contribution in [3.63, 3.8) is 0 Å². The van der Waals surface area contributed by atoms with E-state index in [0.717, 1.165) is 23.9 Å². The van der Waals surface area contributed by atoms with E-state index in [-0.39, 0.29) is 17.6 Å². The molecule has 0 radical (unpaired) electrons. The molecule has 3 N–H and O–H groups in total. The van der Waals surface area contributed by atoms with Gasteiger partial charge in [-0.2, -0.15) is 5.10 Å². The number of pyridine rings is 1. The van der Waals surface area contributed by atoms with E-state index in [4.69, 9.17) is 0 Å². The van der Waals surface area contributed by atoms with Crippen molar-refractivity contribution < 1.29 is 15.0 Å². The molecular formula is C14H18N4O3. The number of aryl methyl sites for hydroxylation is 2. The van der Waals surface area contributed by atoms with Crippen molar-refractivity contribution in [2.24, 2.45) is 12.5 Å². The highest BCUT2D eigenvalue weighted by atomic mass is 16.4. The fourth-order valence-corrected chi connectivity index (χ4v) is 2.60. The number of carbonyl (C=O) groups is 1. The second kappa shape index (κ2) is 4.70. The van der Waals surface area contributed by atoms with Crippen LogP contribution >= 0.6 is 0 Å². The molecule has 7 nitrogen and oxygen atoms in total. The molecule has 0 aromatic carbocycles. The molecule has 0 saturated heterocycles. The van der Waals surface area contributed by atoms with Crippen LogP contribution in [0.4, 0.5) is 5.69 Å². The summed E-state index contributed by atoms with van der Waals surface area (Å²) in [6.07, 6.45) is 3.27. The topological polar surface area (TPSA) is 100 Å². The Balaban J connectivity index is 2.08. The van der Waals surface area contributed by atoms with Crippen LogP contribution in [0.1, 0.15) is 28.9 Å². The maximum atomic E-state index is 11.4. The molecule has 2 heterocycles. The molecule has 0 aliphatic heterocycles. The molecule has 21 heavy (non-hydrogen) atoms. The van der Waals surface area contributed by atoms with E-state index in [1.54, 1.807) is 11.7 Å². The largest absolute Gasteiger partial charge is 0.478 e. The normalized spacial score (nSPS) is 16.1. The van der Waals surface area contributed by atoms with Gasteiger partial charge in [0.15, 0.2) is 5.65 Å². The molecule has 0 unspecified atom stereocenters. The van der Waals surface area contributed by atoms with Crippen LogP contribution in [-0.4, -0.2) is 44.1 Å². The SMILES string of the molecule is Cc1nn(C)c2ncc(C(=O)O)c(NCC3(CO)CC3)c12. The van der Waals surface area contributed by atoms with Crippen LogP contribution < -0.4 is 5.32 Å². The highest BCUT2D eigenvalue weighted by molar-refractivity contribution is 6.04. The molecule has 112 valence electrons. The molecule has 7 heteroatoms. The zero-order valence-corrected chi connectivity index (χ0v) is 12.1. The van der Waals surface area contributed by atoms with Gasteiger partial charge in [0.1, 0.15) is 5.56 Å². The molecule has 1 fully saturated rings. The van der Waals surface area contributed by atoms with E-state index in [0.29, 0.717) is 17.9 Å². The minimum Gasteiger partial charge on any atom is -0.478 e. The number of nitrogens with one attached hydrogen (secondary N) is 1. The minimum atomic E-state index is -1.02. The molecule has 1 aliphatic carbocycles. The Bertz CT molecular complexity index is 719. The number of aromatic carboxylic acids is 1. The first-order valence-corrected chi connectivity index (χ1v) is 6.88. The number of carboxylic acids is 1. The van der Waals surface area contributed by atoms with Crippen LogP contribution in [0.5, 0.6) is 0 Å². The van der Waals surface area contributed by atoms with Gasteiger partial charge < -0.3 is 15.5 Å². The van der Waals surface area contributed by atoms with E-state index in [9.17, 15) is 15.0 Å². The summed E-state index contributed by atoms with van der Waals surface area (Å²) in [7, 11) is 1.78. The predicted molar refractivity (Wildman–Crippen MR) is 77.4 cm³/mol. The lowest BCUT2D eigenvalue weighted by atomic mass is 10.1. The van der Waals surface area contributed by atoms with E-state index < -0.39 is 5.97 Å². The van der Waals surface area contributed by atoms with Crippen LogP contribution in [0, 0.1) is 12.3 Å². The van der Waals surface area contributed by atoms with Crippen molar-refractivity contribution in [3.8, 4) is 0 Å². The second-order valence-electron chi connectivity index (χ2n) is 5.77. The van der Waals surface area contributed by atoms with Gasteiger partial charge in [0.05, 0.1) is 23.4 Å². The molecule has 0 atom stereocenters. The zero-order chi connectivity index (χ0) is 15.2. The summed E-state index contributed by atoms with van der Waals surface area (Å²) in [5.41, 5.74) is 1.94. The summed E-state index contributed by atoms with van der Waals surface area (Å²) in [6, 6.07) is 0. The Morgan fingerprint density at radius 3 is 2.81 bits per heavy atom. The number of rotatable bonds is 5. The first-order chi connectivity index (χ1) is 9.97. The number of carboxylic acid groups (broad SMARTS) is 1. The first-order valence-electron chi connectivity index (χ1n) is 6.88. The van der Waals surface area contributed by atoms with Crippen molar-refractivity contribution in [3.05, 3.63) is 17.5 Å².